The van der Waals surface area contributed by atoms with E-state index < -0.39 is 6.03 Å². The first-order chi connectivity index (χ1) is 10.7. The second kappa shape index (κ2) is 8.14. The third-order valence-electron chi connectivity index (χ3n) is 2.73. The third-order valence-corrected chi connectivity index (χ3v) is 3.06. The summed E-state index contributed by atoms with van der Waals surface area (Å²) >= 11 is 5.96. The van der Waals surface area contributed by atoms with Crippen molar-refractivity contribution in [2.24, 2.45) is 0 Å². The van der Waals surface area contributed by atoms with Crippen LogP contribution in [0.15, 0.2) is 48.5 Å². The molecule has 2 aromatic carbocycles. The van der Waals surface area contributed by atoms with Crippen molar-refractivity contribution in [2.75, 3.05) is 18.7 Å². The zero-order chi connectivity index (χ0) is 15.8. The van der Waals surface area contributed by atoms with Gasteiger partial charge >= 0.3 is 6.03 Å². The zero-order valence-corrected chi connectivity index (χ0v) is 12.9. The van der Waals surface area contributed by atoms with Crippen LogP contribution in [0.2, 0.25) is 5.02 Å². The van der Waals surface area contributed by atoms with Crippen molar-refractivity contribution in [1.29, 1.82) is 0 Å². The summed E-state index contributed by atoms with van der Waals surface area (Å²) in [6, 6.07) is 13.9. The normalized spacial score (nSPS) is 9.91. The van der Waals surface area contributed by atoms with Crippen LogP contribution in [0.4, 0.5) is 10.5 Å². The molecule has 0 fully saturated rings. The van der Waals surface area contributed by atoms with Crippen LogP contribution in [0.3, 0.4) is 0 Å². The van der Waals surface area contributed by atoms with Gasteiger partial charge in [-0.1, -0.05) is 35.9 Å². The highest BCUT2D eigenvalue weighted by atomic mass is 35.5. The maximum absolute atomic E-state index is 11.8. The van der Waals surface area contributed by atoms with Crippen LogP contribution in [0.1, 0.15) is 6.92 Å². The van der Waals surface area contributed by atoms with Gasteiger partial charge in [-0.25, -0.2) is 4.79 Å². The average Bonchev–Trinajstić information content (AvgIpc) is 2.51. The number of amides is 2. The van der Waals surface area contributed by atoms with Gasteiger partial charge in [-0.2, -0.15) is 0 Å². The Labute approximate surface area is 134 Å². The van der Waals surface area contributed by atoms with Gasteiger partial charge in [-0.3, -0.25) is 0 Å². The molecule has 0 unspecified atom stereocenters. The molecule has 2 rings (SSSR count). The molecule has 2 N–H and O–H groups in total. The molecule has 5 nitrogen and oxygen atoms in total. The van der Waals surface area contributed by atoms with Gasteiger partial charge in [0.25, 0.3) is 0 Å². The van der Waals surface area contributed by atoms with E-state index in [-0.39, 0.29) is 6.73 Å². The summed E-state index contributed by atoms with van der Waals surface area (Å²) in [4.78, 5) is 11.8. The van der Waals surface area contributed by atoms with Gasteiger partial charge in [0.05, 0.1) is 17.3 Å². The monoisotopic (exact) mass is 320 g/mol. The molecule has 2 aromatic rings. The molecular formula is C16H17ClN2O3. The highest BCUT2D eigenvalue weighted by molar-refractivity contribution is 6.33. The van der Waals surface area contributed by atoms with E-state index in [1.807, 2.05) is 25.1 Å². The number of benzene rings is 2. The van der Waals surface area contributed by atoms with Gasteiger partial charge in [0.15, 0.2) is 18.2 Å². The van der Waals surface area contributed by atoms with Crippen LogP contribution in [0.5, 0.6) is 11.5 Å². The fourth-order valence-corrected chi connectivity index (χ4v) is 1.94. The standard InChI is InChI=1S/C16H17ClN2O3/c1-2-21-14-9-5-6-10-15(14)22-11-18-16(20)19-13-8-4-3-7-12(13)17/h3-10H,2,11H2,1H3,(H2,18,19,20). The van der Waals surface area contributed by atoms with Crippen molar-refractivity contribution in [3.05, 3.63) is 53.6 Å². The number of anilines is 1. The second-order valence-electron chi connectivity index (χ2n) is 4.28. The first-order valence-electron chi connectivity index (χ1n) is 6.84. The number of carbonyl (C=O) groups is 1. The Morgan fingerprint density at radius 3 is 2.36 bits per heavy atom. The minimum Gasteiger partial charge on any atom is -0.490 e. The lowest BCUT2D eigenvalue weighted by Crippen LogP contribution is -2.32. The molecule has 116 valence electrons. The van der Waals surface area contributed by atoms with E-state index in [0.29, 0.717) is 28.8 Å². The van der Waals surface area contributed by atoms with Gasteiger partial charge in [0.1, 0.15) is 0 Å². The van der Waals surface area contributed by atoms with Crippen LogP contribution in [0, 0.1) is 0 Å². The molecule has 0 saturated carbocycles. The Morgan fingerprint density at radius 1 is 1.05 bits per heavy atom. The van der Waals surface area contributed by atoms with Crippen molar-refractivity contribution in [3.63, 3.8) is 0 Å². The van der Waals surface area contributed by atoms with Crippen LogP contribution in [-0.2, 0) is 0 Å². The average molecular weight is 321 g/mol. The molecule has 0 atom stereocenters. The van der Waals surface area contributed by atoms with E-state index >= 15 is 0 Å². The number of urea groups is 1. The number of ether oxygens (including phenoxy) is 2. The number of nitrogens with one attached hydrogen (secondary N) is 2. The molecule has 0 aromatic heterocycles. The molecule has 0 spiro atoms. The number of para-hydroxylation sites is 3. The Kier molecular flexibility index (Phi) is 5.91. The summed E-state index contributed by atoms with van der Waals surface area (Å²) in [5, 5.41) is 5.71. The molecule has 0 aliphatic carbocycles. The summed E-state index contributed by atoms with van der Waals surface area (Å²) in [5.41, 5.74) is 0.538. The smallest absolute Gasteiger partial charge is 0.321 e. The SMILES string of the molecule is CCOc1ccccc1OCNC(=O)Nc1ccccc1Cl. The molecule has 0 bridgehead atoms. The van der Waals surface area contributed by atoms with Gasteiger partial charge in [0, 0.05) is 0 Å². The second-order valence-corrected chi connectivity index (χ2v) is 4.69. The number of carbonyl (C=O) groups excluding carboxylic acids is 1. The molecule has 0 radical (unpaired) electrons. The minimum atomic E-state index is -0.401. The number of hydrogen-bond donors (Lipinski definition) is 2. The highest BCUT2D eigenvalue weighted by Crippen LogP contribution is 2.26. The van der Waals surface area contributed by atoms with Gasteiger partial charge in [-0.05, 0) is 31.2 Å². The molecule has 6 heteroatoms. The number of hydrogen-bond acceptors (Lipinski definition) is 3. The van der Waals surface area contributed by atoms with Crippen molar-refractivity contribution < 1.29 is 14.3 Å². The zero-order valence-electron chi connectivity index (χ0n) is 12.1. The number of halogens is 1. The van der Waals surface area contributed by atoms with E-state index in [1.54, 1.807) is 30.3 Å². The molecule has 0 heterocycles. The Hall–Kier alpha value is -2.40. The summed E-state index contributed by atoms with van der Waals surface area (Å²) in [5.74, 6) is 1.21. The van der Waals surface area contributed by atoms with Crippen molar-refractivity contribution in [2.45, 2.75) is 6.92 Å². The minimum absolute atomic E-state index is 0.0143. The summed E-state index contributed by atoms with van der Waals surface area (Å²) < 4.78 is 10.9. The predicted molar refractivity (Wildman–Crippen MR) is 86.7 cm³/mol. The topological polar surface area (TPSA) is 59.6 Å². The summed E-state index contributed by atoms with van der Waals surface area (Å²) in [6.07, 6.45) is 0. The lowest BCUT2D eigenvalue weighted by Gasteiger charge is -2.13. The van der Waals surface area contributed by atoms with Gasteiger partial charge < -0.3 is 20.1 Å². The van der Waals surface area contributed by atoms with E-state index in [2.05, 4.69) is 10.6 Å². The molecule has 22 heavy (non-hydrogen) atoms. The van der Waals surface area contributed by atoms with Gasteiger partial charge in [-0.15, -0.1) is 0 Å². The van der Waals surface area contributed by atoms with E-state index in [1.165, 1.54) is 0 Å². The van der Waals surface area contributed by atoms with E-state index in [9.17, 15) is 4.79 Å². The van der Waals surface area contributed by atoms with E-state index in [0.717, 1.165) is 0 Å². The Bertz CT molecular complexity index is 634. The first-order valence-corrected chi connectivity index (χ1v) is 7.22. The van der Waals surface area contributed by atoms with Crippen LogP contribution in [0.25, 0.3) is 0 Å². The molecule has 2 amide bonds. The molecular weight excluding hydrogens is 304 g/mol. The summed E-state index contributed by atoms with van der Waals surface area (Å²) in [6.45, 7) is 2.45. The van der Waals surface area contributed by atoms with Crippen molar-refractivity contribution in [3.8, 4) is 11.5 Å². The maximum atomic E-state index is 11.8. The largest absolute Gasteiger partial charge is 0.490 e. The van der Waals surface area contributed by atoms with E-state index in [4.69, 9.17) is 21.1 Å². The third kappa shape index (κ3) is 4.56. The predicted octanol–water partition coefficient (Wildman–Crippen LogP) is 3.90. The fourth-order valence-electron chi connectivity index (χ4n) is 1.75. The first kappa shape index (κ1) is 16.0. The van der Waals surface area contributed by atoms with Crippen molar-refractivity contribution >= 4 is 23.3 Å². The lowest BCUT2D eigenvalue weighted by molar-refractivity contribution is 0.229. The Balaban J connectivity index is 1.84. The van der Waals surface area contributed by atoms with Crippen molar-refractivity contribution in [1.82, 2.24) is 5.32 Å². The number of rotatable bonds is 6. The van der Waals surface area contributed by atoms with Crippen LogP contribution in [-0.4, -0.2) is 19.4 Å². The Morgan fingerprint density at radius 2 is 1.68 bits per heavy atom. The molecule has 0 aliphatic heterocycles. The maximum Gasteiger partial charge on any atom is 0.321 e. The van der Waals surface area contributed by atoms with Gasteiger partial charge in [0.2, 0.25) is 0 Å². The quantitative estimate of drug-likeness (QED) is 0.794. The molecule has 0 saturated heterocycles. The highest BCUT2D eigenvalue weighted by Gasteiger charge is 2.06. The fraction of sp³-hybridized carbons (Fsp3) is 0.188. The summed E-state index contributed by atoms with van der Waals surface area (Å²) in [7, 11) is 0. The van der Waals surface area contributed by atoms with Crippen LogP contribution >= 0.6 is 11.6 Å². The van der Waals surface area contributed by atoms with Crippen LogP contribution < -0.4 is 20.1 Å². The molecule has 0 aliphatic rings. The lowest BCUT2D eigenvalue weighted by atomic mass is 10.3.